The molecule has 0 saturated carbocycles. The second-order valence-electron chi connectivity index (χ2n) is 3.55. The van der Waals surface area contributed by atoms with Crippen LogP contribution in [0.4, 0.5) is 0 Å². The van der Waals surface area contributed by atoms with Crippen LogP contribution in [-0.4, -0.2) is 46.5 Å². The molecule has 0 rings (SSSR count). The molecule has 0 fully saturated rings. The van der Waals surface area contributed by atoms with E-state index in [1.165, 1.54) is 13.1 Å². The molecule has 0 bridgehead atoms. The maximum atomic E-state index is 10.7. The molecular weight excluding hydrogens is 214 g/mol. The van der Waals surface area contributed by atoms with Gasteiger partial charge in [0.15, 0.2) is 0 Å². The second kappa shape index (κ2) is 6.97. The lowest BCUT2D eigenvalue weighted by Crippen LogP contribution is -2.47. The zero-order chi connectivity index (χ0) is 12.7. The molecule has 16 heavy (non-hydrogen) atoms. The third-order valence-corrected chi connectivity index (χ3v) is 2.27. The van der Waals surface area contributed by atoms with E-state index in [2.05, 4.69) is 5.32 Å². The van der Waals surface area contributed by atoms with E-state index in [0.717, 1.165) is 6.08 Å². The Balaban J connectivity index is 4.31. The highest BCUT2D eigenvalue weighted by Gasteiger charge is 2.28. The molecule has 0 heterocycles. The first-order chi connectivity index (χ1) is 7.40. The van der Waals surface area contributed by atoms with Crippen LogP contribution in [0.3, 0.4) is 0 Å². The van der Waals surface area contributed by atoms with Gasteiger partial charge in [0.25, 0.3) is 0 Å². The summed E-state index contributed by atoms with van der Waals surface area (Å²) in [7, 11) is 1.45. The number of carboxylic acid groups (broad SMARTS) is 2. The molecule has 4 N–H and O–H groups in total. The number of carboxylic acids is 2. The van der Waals surface area contributed by atoms with Gasteiger partial charge in [-0.2, -0.15) is 0 Å². The zero-order valence-corrected chi connectivity index (χ0v) is 9.25. The standard InChI is InChI=1S/C10H17NO5/c1-6(4-3-5-7(12)13)9(14)8(11-2)10(15)16/h3,5-6,8-9,11,14H,4H2,1-2H3,(H,12,13)(H,15,16)/b5-3+/t6-,8+,9-/m1/s1. The summed E-state index contributed by atoms with van der Waals surface area (Å²) < 4.78 is 0. The minimum Gasteiger partial charge on any atom is -0.480 e. The van der Waals surface area contributed by atoms with E-state index in [-0.39, 0.29) is 5.92 Å². The summed E-state index contributed by atoms with van der Waals surface area (Å²) in [6, 6.07) is -1.05. The van der Waals surface area contributed by atoms with E-state index in [0.29, 0.717) is 6.42 Å². The van der Waals surface area contributed by atoms with Crippen LogP contribution >= 0.6 is 0 Å². The van der Waals surface area contributed by atoms with Crippen LogP contribution in [0.2, 0.25) is 0 Å². The summed E-state index contributed by atoms with van der Waals surface area (Å²) in [5.74, 6) is -2.54. The van der Waals surface area contributed by atoms with Gasteiger partial charge >= 0.3 is 11.9 Å². The van der Waals surface area contributed by atoms with E-state index in [9.17, 15) is 14.7 Å². The van der Waals surface area contributed by atoms with Gasteiger partial charge in [-0.15, -0.1) is 0 Å². The van der Waals surface area contributed by atoms with Gasteiger partial charge in [-0.05, 0) is 19.4 Å². The minimum atomic E-state index is -1.14. The molecular formula is C10H17NO5. The molecule has 0 aliphatic carbocycles. The van der Waals surface area contributed by atoms with E-state index >= 15 is 0 Å². The molecule has 92 valence electrons. The van der Waals surface area contributed by atoms with E-state index in [4.69, 9.17) is 10.2 Å². The first kappa shape index (κ1) is 14.6. The fraction of sp³-hybridized carbons (Fsp3) is 0.600. The molecule has 0 aliphatic heterocycles. The van der Waals surface area contributed by atoms with Crippen LogP contribution in [0, 0.1) is 5.92 Å². The van der Waals surface area contributed by atoms with Crippen molar-refractivity contribution in [2.24, 2.45) is 5.92 Å². The number of aliphatic hydroxyl groups excluding tert-OH is 1. The number of hydrogen-bond donors (Lipinski definition) is 4. The summed E-state index contributed by atoms with van der Waals surface area (Å²) in [6.07, 6.45) is 1.60. The highest BCUT2D eigenvalue weighted by molar-refractivity contribution is 5.79. The van der Waals surface area contributed by atoms with Crippen molar-refractivity contribution in [1.29, 1.82) is 0 Å². The number of rotatable bonds is 7. The molecule has 3 atom stereocenters. The second-order valence-corrected chi connectivity index (χ2v) is 3.55. The number of aliphatic carboxylic acids is 2. The molecule has 0 aromatic heterocycles. The lowest BCUT2D eigenvalue weighted by atomic mass is 9.94. The van der Waals surface area contributed by atoms with Crippen molar-refractivity contribution in [3.63, 3.8) is 0 Å². The van der Waals surface area contributed by atoms with Gasteiger partial charge in [0.05, 0.1) is 6.10 Å². The third-order valence-electron chi connectivity index (χ3n) is 2.27. The predicted octanol–water partition coefficient (Wildman–Crippen LogP) is -0.313. The zero-order valence-electron chi connectivity index (χ0n) is 9.25. The van der Waals surface area contributed by atoms with E-state index in [1.54, 1.807) is 6.92 Å². The molecule has 6 nitrogen and oxygen atoms in total. The quantitative estimate of drug-likeness (QED) is 0.448. The van der Waals surface area contributed by atoms with Crippen LogP contribution in [0.1, 0.15) is 13.3 Å². The summed E-state index contributed by atoms with van der Waals surface area (Å²) in [5, 5.41) is 29.3. The van der Waals surface area contributed by atoms with Crippen molar-refractivity contribution < 1.29 is 24.9 Å². The average Bonchev–Trinajstić information content (AvgIpc) is 2.17. The molecule has 0 saturated heterocycles. The summed E-state index contributed by atoms with van der Waals surface area (Å²) in [5.41, 5.74) is 0. The normalized spacial score (nSPS) is 16.9. The Hall–Kier alpha value is -1.40. The minimum absolute atomic E-state index is 0.304. The molecule has 0 aromatic carbocycles. The van der Waals surface area contributed by atoms with Gasteiger partial charge < -0.3 is 20.6 Å². The van der Waals surface area contributed by atoms with Crippen LogP contribution < -0.4 is 5.32 Å². The van der Waals surface area contributed by atoms with Gasteiger partial charge in [-0.3, -0.25) is 4.79 Å². The highest BCUT2D eigenvalue weighted by atomic mass is 16.4. The van der Waals surface area contributed by atoms with Crippen molar-refractivity contribution >= 4 is 11.9 Å². The van der Waals surface area contributed by atoms with Crippen molar-refractivity contribution in [3.05, 3.63) is 12.2 Å². The van der Waals surface area contributed by atoms with Crippen molar-refractivity contribution in [2.75, 3.05) is 7.05 Å². The maximum absolute atomic E-state index is 10.7. The molecule has 0 spiro atoms. The molecule has 0 aliphatic rings. The monoisotopic (exact) mass is 231 g/mol. The van der Waals surface area contributed by atoms with Crippen molar-refractivity contribution in [1.82, 2.24) is 5.32 Å². The fourth-order valence-electron chi connectivity index (χ4n) is 1.29. The molecule has 6 heteroatoms. The Morgan fingerprint density at radius 2 is 1.94 bits per heavy atom. The Morgan fingerprint density at radius 1 is 1.38 bits per heavy atom. The van der Waals surface area contributed by atoms with Gasteiger partial charge in [0, 0.05) is 6.08 Å². The summed E-state index contributed by atoms with van der Waals surface area (Å²) >= 11 is 0. The van der Waals surface area contributed by atoms with Crippen LogP contribution in [0.25, 0.3) is 0 Å². The predicted molar refractivity (Wildman–Crippen MR) is 57.0 cm³/mol. The highest BCUT2D eigenvalue weighted by Crippen LogP contribution is 2.12. The number of likely N-dealkylation sites (N-methyl/N-ethyl adjacent to an activating group) is 1. The first-order valence-electron chi connectivity index (χ1n) is 4.87. The lowest BCUT2D eigenvalue weighted by Gasteiger charge is -2.23. The lowest BCUT2D eigenvalue weighted by molar-refractivity contribution is -0.143. The van der Waals surface area contributed by atoms with E-state index in [1.807, 2.05) is 0 Å². The van der Waals surface area contributed by atoms with Gasteiger partial charge in [0.2, 0.25) is 0 Å². The van der Waals surface area contributed by atoms with Crippen LogP contribution in [0.15, 0.2) is 12.2 Å². The Morgan fingerprint density at radius 3 is 2.31 bits per heavy atom. The smallest absolute Gasteiger partial charge is 0.327 e. The fourth-order valence-corrected chi connectivity index (χ4v) is 1.29. The van der Waals surface area contributed by atoms with Gasteiger partial charge in [0.1, 0.15) is 6.04 Å². The largest absolute Gasteiger partial charge is 0.480 e. The summed E-state index contributed by atoms with van der Waals surface area (Å²) in [4.78, 5) is 20.9. The SMILES string of the molecule is CN[C@H](C(=O)O)[C@H](O)[C@H](C)C/C=C/C(=O)O. The number of hydrogen-bond acceptors (Lipinski definition) is 4. The average molecular weight is 231 g/mol. The third kappa shape index (κ3) is 4.90. The van der Waals surface area contributed by atoms with Crippen molar-refractivity contribution in [2.45, 2.75) is 25.5 Å². The maximum Gasteiger partial charge on any atom is 0.327 e. The number of carbonyl (C=O) groups is 2. The molecule has 0 unspecified atom stereocenters. The first-order valence-corrected chi connectivity index (χ1v) is 4.87. The Kier molecular flexibility index (Phi) is 6.36. The van der Waals surface area contributed by atoms with Crippen molar-refractivity contribution in [3.8, 4) is 0 Å². The Labute approximate surface area is 93.6 Å². The van der Waals surface area contributed by atoms with E-state index < -0.39 is 24.1 Å². The molecule has 0 radical (unpaired) electrons. The number of nitrogens with one attached hydrogen (secondary N) is 1. The summed E-state index contributed by atoms with van der Waals surface area (Å²) in [6.45, 7) is 1.66. The molecule has 0 amide bonds. The van der Waals surface area contributed by atoms with Crippen LogP contribution in [0.5, 0.6) is 0 Å². The van der Waals surface area contributed by atoms with Crippen LogP contribution in [-0.2, 0) is 9.59 Å². The number of allylic oxidation sites excluding steroid dienone is 1. The van der Waals surface area contributed by atoms with Gasteiger partial charge in [-0.1, -0.05) is 13.0 Å². The van der Waals surface area contributed by atoms with Gasteiger partial charge in [-0.25, -0.2) is 4.79 Å². The molecule has 0 aromatic rings. The number of aliphatic hydroxyl groups is 1. The Bertz CT molecular complexity index is 276. The topological polar surface area (TPSA) is 107 Å².